The molecular formula is C24H27NO2. The first-order chi connectivity index (χ1) is 13.0. The molecule has 0 aliphatic carbocycles. The molecule has 0 radical (unpaired) electrons. The van der Waals surface area contributed by atoms with Crippen LogP contribution in [0.5, 0.6) is 5.75 Å². The van der Waals surface area contributed by atoms with Gasteiger partial charge in [0.1, 0.15) is 5.75 Å². The van der Waals surface area contributed by atoms with Crippen LogP contribution in [0.2, 0.25) is 0 Å². The minimum absolute atomic E-state index is 0.0132. The van der Waals surface area contributed by atoms with Gasteiger partial charge in [0.2, 0.25) is 0 Å². The Hall–Kier alpha value is -2.81. The lowest BCUT2D eigenvalue weighted by Gasteiger charge is -2.22. The lowest BCUT2D eigenvalue weighted by Crippen LogP contribution is -2.38. The van der Waals surface area contributed by atoms with Crippen LogP contribution in [-0.2, 0) is 4.79 Å². The highest BCUT2D eigenvalue weighted by Gasteiger charge is 2.20. The predicted molar refractivity (Wildman–Crippen MR) is 111 cm³/mol. The lowest BCUT2D eigenvalue weighted by molar-refractivity contribution is -0.128. The average Bonchev–Trinajstić information content (AvgIpc) is 2.66. The van der Waals surface area contributed by atoms with Crippen molar-refractivity contribution < 1.29 is 9.53 Å². The Labute approximate surface area is 161 Å². The van der Waals surface area contributed by atoms with Gasteiger partial charge in [-0.1, -0.05) is 61.0 Å². The number of rotatable bonds is 6. The summed E-state index contributed by atoms with van der Waals surface area (Å²) in [5, 5.41) is 5.39. The number of carbonyl (C=O) groups excluding carboxylic acids is 1. The largest absolute Gasteiger partial charge is 0.481 e. The molecule has 0 spiro atoms. The molecule has 0 aliphatic rings. The molecule has 0 aliphatic heterocycles. The summed E-state index contributed by atoms with van der Waals surface area (Å²) >= 11 is 0. The maximum atomic E-state index is 12.7. The smallest absolute Gasteiger partial charge is 0.261 e. The first-order valence-electron chi connectivity index (χ1n) is 9.51. The topological polar surface area (TPSA) is 38.3 Å². The number of hydrogen-bond donors (Lipinski definition) is 1. The highest BCUT2D eigenvalue weighted by atomic mass is 16.5. The van der Waals surface area contributed by atoms with Gasteiger partial charge < -0.3 is 10.1 Å². The molecule has 0 bridgehead atoms. The molecule has 0 saturated carbocycles. The van der Waals surface area contributed by atoms with Gasteiger partial charge >= 0.3 is 0 Å². The maximum absolute atomic E-state index is 12.7. The Morgan fingerprint density at radius 2 is 1.74 bits per heavy atom. The van der Waals surface area contributed by atoms with Crippen LogP contribution in [0, 0.1) is 13.8 Å². The fourth-order valence-corrected chi connectivity index (χ4v) is 3.40. The van der Waals surface area contributed by atoms with E-state index in [2.05, 4.69) is 50.4 Å². The number of amides is 1. The molecule has 0 unspecified atom stereocenters. The van der Waals surface area contributed by atoms with E-state index in [0.717, 1.165) is 22.8 Å². The third-order valence-electron chi connectivity index (χ3n) is 4.93. The molecule has 0 heterocycles. The maximum Gasteiger partial charge on any atom is 0.261 e. The van der Waals surface area contributed by atoms with Crippen LogP contribution in [0.1, 0.15) is 43.0 Å². The molecule has 140 valence electrons. The van der Waals surface area contributed by atoms with Crippen LogP contribution in [0.3, 0.4) is 0 Å². The summed E-state index contributed by atoms with van der Waals surface area (Å²) in [6.07, 6.45) is 0.268. The fraction of sp³-hybridized carbons (Fsp3) is 0.292. The molecule has 3 nitrogen and oxygen atoms in total. The number of hydrogen-bond acceptors (Lipinski definition) is 2. The first kappa shape index (κ1) is 19.0. The predicted octanol–water partition coefficient (Wildman–Crippen LogP) is 5.49. The number of benzene rings is 3. The summed E-state index contributed by atoms with van der Waals surface area (Å²) in [7, 11) is 0. The van der Waals surface area contributed by atoms with Gasteiger partial charge in [-0.15, -0.1) is 0 Å². The van der Waals surface area contributed by atoms with Crippen LogP contribution in [0.4, 0.5) is 0 Å². The highest BCUT2D eigenvalue weighted by molar-refractivity contribution is 5.84. The Balaban J connectivity index is 1.69. The number of aryl methyl sites for hydroxylation is 2. The molecule has 2 atom stereocenters. The summed E-state index contributed by atoms with van der Waals surface area (Å²) in [5.74, 6) is 0.603. The van der Waals surface area contributed by atoms with Gasteiger partial charge in [-0.25, -0.2) is 0 Å². The third kappa shape index (κ3) is 4.48. The average molecular weight is 361 g/mol. The van der Waals surface area contributed by atoms with E-state index in [1.54, 1.807) is 6.92 Å². The SMILES string of the molecule is CC[C@@H](NC(=O)[C@H](C)Oc1ccc2ccccc2c1)c1ccc(C)cc1C. The van der Waals surface area contributed by atoms with Gasteiger partial charge in [-0.2, -0.15) is 0 Å². The van der Waals surface area contributed by atoms with E-state index < -0.39 is 6.10 Å². The van der Waals surface area contributed by atoms with Gasteiger partial charge in [0.25, 0.3) is 5.91 Å². The zero-order chi connectivity index (χ0) is 19.4. The van der Waals surface area contributed by atoms with Gasteiger partial charge in [0.15, 0.2) is 6.10 Å². The van der Waals surface area contributed by atoms with Crippen LogP contribution in [0.15, 0.2) is 60.7 Å². The van der Waals surface area contributed by atoms with Gasteiger partial charge in [0, 0.05) is 0 Å². The molecule has 1 amide bonds. The number of carbonyl (C=O) groups is 1. The Bertz CT molecular complexity index is 948. The molecule has 0 fully saturated rings. The Morgan fingerprint density at radius 3 is 2.44 bits per heavy atom. The lowest BCUT2D eigenvalue weighted by atomic mass is 9.97. The molecule has 3 aromatic carbocycles. The van der Waals surface area contributed by atoms with E-state index in [9.17, 15) is 4.79 Å². The minimum Gasteiger partial charge on any atom is -0.481 e. The van der Waals surface area contributed by atoms with Crippen LogP contribution in [0.25, 0.3) is 10.8 Å². The summed E-state index contributed by atoms with van der Waals surface area (Å²) in [4.78, 5) is 12.7. The normalized spacial score (nSPS) is 13.2. The van der Waals surface area contributed by atoms with E-state index in [1.807, 2.05) is 36.4 Å². The Morgan fingerprint density at radius 1 is 1.00 bits per heavy atom. The molecule has 27 heavy (non-hydrogen) atoms. The van der Waals surface area contributed by atoms with Crippen LogP contribution in [-0.4, -0.2) is 12.0 Å². The summed E-state index contributed by atoms with van der Waals surface area (Å²) in [5.41, 5.74) is 3.59. The second-order valence-corrected chi connectivity index (χ2v) is 7.10. The van der Waals surface area contributed by atoms with Gasteiger partial charge in [-0.3, -0.25) is 4.79 Å². The summed E-state index contributed by atoms with van der Waals surface area (Å²) < 4.78 is 5.90. The van der Waals surface area contributed by atoms with E-state index in [4.69, 9.17) is 4.74 Å². The monoisotopic (exact) mass is 361 g/mol. The van der Waals surface area contributed by atoms with Gasteiger partial charge in [0.05, 0.1) is 6.04 Å². The Kier molecular flexibility index (Phi) is 5.80. The standard InChI is InChI=1S/C24H27NO2/c1-5-23(22-13-10-16(2)14-17(22)3)25-24(26)18(4)27-21-12-11-19-8-6-7-9-20(19)15-21/h6-15,18,23H,5H2,1-4H3,(H,25,26)/t18-,23+/m0/s1. The third-order valence-corrected chi connectivity index (χ3v) is 4.93. The zero-order valence-corrected chi connectivity index (χ0v) is 16.5. The quantitative estimate of drug-likeness (QED) is 0.630. The molecule has 0 aromatic heterocycles. The van der Waals surface area contributed by atoms with Crippen molar-refractivity contribution in [2.24, 2.45) is 0 Å². The fourth-order valence-electron chi connectivity index (χ4n) is 3.40. The minimum atomic E-state index is -0.564. The second kappa shape index (κ2) is 8.26. The van der Waals surface area contributed by atoms with Crippen molar-refractivity contribution in [3.05, 3.63) is 77.4 Å². The van der Waals surface area contributed by atoms with Crippen molar-refractivity contribution in [3.63, 3.8) is 0 Å². The number of fused-ring (bicyclic) bond motifs is 1. The van der Waals surface area contributed by atoms with Crippen molar-refractivity contribution in [2.45, 2.75) is 46.3 Å². The van der Waals surface area contributed by atoms with Crippen LogP contribution >= 0.6 is 0 Å². The van der Waals surface area contributed by atoms with Crippen LogP contribution < -0.4 is 10.1 Å². The van der Waals surface area contributed by atoms with Crippen molar-refractivity contribution in [2.75, 3.05) is 0 Å². The van der Waals surface area contributed by atoms with E-state index in [1.165, 1.54) is 11.1 Å². The second-order valence-electron chi connectivity index (χ2n) is 7.10. The highest BCUT2D eigenvalue weighted by Crippen LogP contribution is 2.23. The van der Waals surface area contributed by atoms with E-state index in [0.29, 0.717) is 5.75 Å². The molecule has 3 heteroatoms. The molecule has 1 N–H and O–H groups in total. The first-order valence-corrected chi connectivity index (χ1v) is 9.51. The van der Waals surface area contributed by atoms with E-state index in [-0.39, 0.29) is 11.9 Å². The van der Waals surface area contributed by atoms with Crippen molar-refractivity contribution in [3.8, 4) is 5.75 Å². The van der Waals surface area contributed by atoms with Gasteiger partial charge in [-0.05, 0) is 61.2 Å². The van der Waals surface area contributed by atoms with Crippen molar-refractivity contribution >= 4 is 16.7 Å². The van der Waals surface area contributed by atoms with Crippen molar-refractivity contribution in [1.29, 1.82) is 0 Å². The number of nitrogens with one attached hydrogen (secondary N) is 1. The molecule has 0 saturated heterocycles. The zero-order valence-electron chi connectivity index (χ0n) is 16.5. The molecular weight excluding hydrogens is 334 g/mol. The summed E-state index contributed by atoms with van der Waals surface area (Å²) in [6, 6.07) is 20.3. The molecule has 3 rings (SSSR count). The van der Waals surface area contributed by atoms with Crippen molar-refractivity contribution in [1.82, 2.24) is 5.32 Å². The van der Waals surface area contributed by atoms with E-state index >= 15 is 0 Å². The summed E-state index contributed by atoms with van der Waals surface area (Å²) in [6.45, 7) is 8.04. The molecule has 3 aromatic rings. The number of ether oxygens (including phenoxy) is 1.